The molecule has 0 aliphatic carbocycles. The van der Waals surface area contributed by atoms with Gasteiger partial charge in [0.1, 0.15) is 12.4 Å². The monoisotopic (exact) mass is 224 g/mol. The minimum atomic E-state index is -0.302. The first-order valence-corrected chi connectivity index (χ1v) is 5.15. The molecule has 1 aromatic heterocycles. The van der Waals surface area contributed by atoms with E-state index in [2.05, 4.69) is 4.74 Å². The quantitative estimate of drug-likeness (QED) is 0.422. The molecule has 0 aliphatic heterocycles. The van der Waals surface area contributed by atoms with Crippen molar-refractivity contribution in [1.82, 2.24) is 0 Å². The van der Waals surface area contributed by atoms with E-state index in [1.165, 1.54) is 7.11 Å². The van der Waals surface area contributed by atoms with Crippen molar-refractivity contribution in [1.29, 1.82) is 0 Å². The van der Waals surface area contributed by atoms with Crippen LogP contribution in [0.4, 0.5) is 0 Å². The molecule has 0 saturated heterocycles. The molecule has 0 amide bonds. The van der Waals surface area contributed by atoms with E-state index in [0.717, 1.165) is 5.76 Å². The Hall–Kier alpha value is -1.55. The lowest BCUT2D eigenvalue weighted by atomic mass is 10.2. The van der Waals surface area contributed by atoms with E-state index in [0.29, 0.717) is 25.2 Å². The van der Waals surface area contributed by atoms with Gasteiger partial charge >= 0.3 is 5.97 Å². The summed E-state index contributed by atoms with van der Waals surface area (Å²) in [6.45, 7) is 2.68. The number of carbonyl (C=O) groups is 1. The van der Waals surface area contributed by atoms with Gasteiger partial charge in [0.05, 0.1) is 20.0 Å². The third-order valence-corrected chi connectivity index (χ3v) is 2.10. The third kappa shape index (κ3) is 3.90. The van der Waals surface area contributed by atoms with Crippen molar-refractivity contribution >= 4 is 5.97 Å². The van der Waals surface area contributed by atoms with Gasteiger partial charge in [0.25, 0.3) is 0 Å². The molecule has 1 rings (SSSR count). The number of ether oxygens (including phenoxy) is 2. The van der Waals surface area contributed by atoms with Gasteiger partial charge in [-0.1, -0.05) is 6.92 Å². The van der Waals surface area contributed by atoms with E-state index < -0.39 is 0 Å². The van der Waals surface area contributed by atoms with Crippen LogP contribution in [0.2, 0.25) is 0 Å². The molecule has 0 N–H and O–H groups in total. The van der Waals surface area contributed by atoms with Crippen LogP contribution in [0.25, 0.3) is 0 Å². The van der Waals surface area contributed by atoms with E-state index in [9.17, 15) is 4.79 Å². The Morgan fingerprint density at radius 2 is 2.38 bits per heavy atom. The van der Waals surface area contributed by atoms with Crippen LogP contribution in [-0.2, 0) is 20.9 Å². The smallest absolute Gasteiger partial charge is 0.333 e. The standard InChI is InChI=1S/C12H16O4/c1-3-10(12(13)14-2)6-8-15-9-11-5-4-7-16-11/h4-7H,3,8-9H2,1-2H3. The van der Waals surface area contributed by atoms with Crippen LogP contribution in [0, 0.1) is 0 Å². The van der Waals surface area contributed by atoms with Crippen molar-refractivity contribution < 1.29 is 18.7 Å². The summed E-state index contributed by atoms with van der Waals surface area (Å²) in [5, 5.41) is 0. The van der Waals surface area contributed by atoms with Crippen molar-refractivity contribution in [2.45, 2.75) is 20.0 Å². The lowest BCUT2D eigenvalue weighted by Crippen LogP contribution is -2.05. The second kappa shape index (κ2) is 6.85. The zero-order chi connectivity index (χ0) is 11.8. The van der Waals surface area contributed by atoms with Crippen molar-refractivity contribution in [2.24, 2.45) is 0 Å². The zero-order valence-corrected chi connectivity index (χ0v) is 9.56. The van der Waals surface area contributed by atoms with Crippen LogP contribution in [0.15, 0.2) is 34.5 Å². The Morgan fingerprint density at radius 1 is 1.56 bits per heavy atom. The normalized spacial score (nSPS) is 11.5. The number of hydrogen-bond acceptors (Lipinski definition) is 4. The molecule has 0 aromatic carbocycles. The molecule has 1 heterocycles. The van der Waals surface area contributed by atoms with E-state index in [-0.39, 0.29) is 5.97 Å². The summed E-state index contributed by atoms with van der Waals surface area (Å²) < 4.78 is 15.1. The maximum Gasteiger partial charge on any atom is 0.333 e. The summed E-state index contributed by atoms with van der Waals surface area (Å²) in [7, 11) is 1.37. The second-order valence-corrected chi connectivity index (χ2v) is 3.17. The van der Waals surface area contributed by atoms with Gasteiger partial charge in [-0.2, -0.15) is 0 Å². The summed E-state index contributed by atoms with van der Waals surface area (Å²) in [5.41, 5.74) is 0.627. The molecule has 0 bridgehead atoms. The lowest BCUT2D eigenvalue weighted by Gasteiger charge is -2.02. The van der Waals surface area contributed by atoms with E-state index in [4.69, 9.17) is 9.15 Å². The Kier molecular flexibility index (Phi) is 5.36. The molecule has 0 aliphatic rings. The van der Waals surface area contributed by atoms with Crippen LogP contribution in [0.1, 0.15) is 19.1 Å². The Morgan fingerprint density at radius 3 is 2.94 bits per heavy atom. The minimum absolute atomic E-state index is 0.302. The fourth-order valence-corrected chi connectivity index (χ4v) is 1.22. The first kappa shape index (κ1) is 12.5. The highest BCUT2D eigenvalue weighted by Gasteiger charge is 2.05. The molecule has 0 unspecified atom stereocenters. The molecule has 0 atom stereocenters. The number of hydrogen-bond donors (Lipinski definition) is 0. The van der Waals surface area contributed by atoms with Crippen molar-refractivity contribution in [3.8, 4) is 0 Å². The molecular formula is C12H16O4. The summed E-state index contributed by atoms with van der Waals surface area (Å²) in [6, 6.07) is 3.64. The molecule has 0 saturated carbocycles. The molecule has 4 nitrogen and oxygen atoms in total. The van der Waals surface area contributed by atoms with Gasteiger partial charge in [0.15, 0.2) is 0 Å². The predicted molar refractivity (Wildman–Crippen MR) is 58.8 cm³/mol. The number of rotatable bonds is 6. The topological polar surface area (TPSA) is 48.7 Å². The van der Waals surface area contributed by atoms with Gasteiger partial charge in [0.2, 0.25) is 0 Å². The number of methoxy groups -OCH3 is 1. The average molecular weight is 224 g/mol. The third-order valence-electron chi connectivity index (χ3n) is 2.10. The van der Waals surface area contributed by atoms with Crippen molar-refractivity contribution in [3.63, 3.8) is 0 Å². The molecule has 88 valence electrons. The molecule has 0 radical (unpaired) electrons. The number of carbonyl (C=O) groups excluding carboxylic acids is 1. The highest BCUT2D eigenvalue weighted by molar-refractivity contribution is 5.88. The largest absolute Gasteiger partial charge is 0.467 e. The predicted octanol–water partition coefficient (Wildman–Crippen LogP) is 2.31. The Labute approximate surface area is 94.8 Å². The van der Waals surface area contributed by atoms with Gasteiger partial charge in [-0.25, -0.2) is 4.79 Å². The number of esters is 1. The van der Waals surface area contributed by atoms with Crippen molar-refractivity contribution in [3.05, 3.63) is 35.8 Å². The van der Waals surface area contributed by atoms with Crippen LogP contribution in [-0.4, -0.2) is 19.7 Å². The molecule has 0 fully saturated rings. The summed E-state index contributed by atoms with van der Waals surface area (Å²) >= 11 is 0. The lowest BCUT2D eigenvalue weighted by molar-refractivity contribution is -0.136. The second-order valence-electron chi connectivity index (χ2n) is 3.17. The van der Waals surface area contributed by atoms with Crippen LogP contribution < -0.4 is 0 Å². The zero-order valence-electron chi connectivity index (χ0n) is 9.56. The SMILES string of the molecule is CCC(=CCOCc1ccco1)C(=O)OC. The summed E-state index contributed by atoms with van der Waals surface area (Å²) in [5.74, 6) is 0.466. The Bertz CT molecular complexity index is 338. The van der Waals surface area contributed by atoms with Crippen LogP contribution >= 0.6 is 0 Å². The van der Waals surface area contributed by atoms with Crippen molar-refractivity contribution in [2.75, 3.05) is 13.7 Å². The maximum atomic E-state index is 11.2. The average Bonchev–Trinajstić information content (AvgIpc) is 2.81. The highest BCUT2D eigenvalue weighted by Crippen LogP contribution is 2.05. The molecule has 16 heavy (non-hydrogen) atoms. The fourth-order valence-electron chi connectivity index (χ4n) is 1.22. The first-order chi connectivity index (χ1) is 7.77. The van der Waals surface area contributed by atoms with Crippen LogP contribution in [0.5, 0.6) is 0 Å². The van der Waals surface area contributed by atoms with Gasteiger partial charge < -0.3 is 13.9 Å². The summed E-state index contributed by atoms with van der Waals surface area (Å²) in [4.78, 5) is 11.2. The van der Waals surface area contributed by atoms with Gasteiger partial charge in [-0.3, -0.25) is 0 Å². The molecule has 1 aromatic rings. The number of furan rings is 1. The van der Waals surface area contributed by atoms with E-state index >= 15 is 0 Å². The summed E-state index contributed by atoms with van der Waals surface area (Å²) in [6.07, 6.45) is 3.96. The minimum Gasteiger partial charge on any atom is -0.467 e. The fraction of sp³-hybridized carbons (Fsp3) is 0.417. The molecule has 4 heteroatoms. The van der Waals surface area contributed by atoms with E-state index in [1.807, 2.05) is 13.0 Å². The Balaban J connectivity index is 2.32. The van der Waals surface area contributed by atoms with Crippen LogP contribution in [0.3, 0.4) is 0 Å². The van der Waals surface area contributed by atoms with Gasteiger partial charge in [0, 0.05) is 5.57 Å². The highest BCUT2D eigenvalue weighted by atomic mass is 16.5. The van der Waals surface area contributed by atoms with Gasteiger partial charge in [-0.05, 0) is 24.6 Å². The first-order valence-electron chi connectivity index (χ1n) is 5.15. The molecule has 0 spiro atoms. The van der Waals surface area contributed by atoms with Gasteiger partial charge in [-0.15, -0.1) is 0 Å². The molecular weight excluding hydrogens is 208 g/mol. The van der Waals surface area contributed by atoms with E-state index in [1.54, 1.807) is 18.4 Å². The maximum absolute atomic E-state index is 11.2.